The SMILES string of the molecule is CCc1ccccc1-c1ccc(N(c2ccc3c4c5ccc6c(c5ccc4n(-c4ccccc4)c3c2)c2ccc(N(c3ccc4c(c3)C(C)(C)c3ccccc3-4)c3c(C)cc(C)cc3C)cc2n6-c2ccccc2)c2c(C)cc(C)cc2C)cc1CC. The Morgan fingerprint density at radius 1 is 0.322 bits per heavy atom. The third-order valence-electron chi connectivity index (χ3n) is 19.1. The maximum Gasteiger partial charge on any atom is 0.0562 e. The van der Waals surface area contributed by atoms with Crippen molar-refractivity contribution in [2.75, 3.05) is 9.80 Å². The van der Waals surface area contributed by atoms with Gasteiger partial charge in [-0.05, 0) is 217 Å². The molecule has 0 N–H and O–H groups in total. The van der Waals surface area contributed by atoms with Gasteiger partial charge in [-0.3, -0.25) is 0 Å². The van der Waals surface area contributed by atoms with E-state index in [1.165, 1.54) is 133 Å². The van der Waals surface area contributed by atoms with Crippen molar-refractivity contribution in [1.29, 1.82) is 0 Å². The summed E-state index contributed by atoms with van der Waals surface area (Å²) in [5.41, 5.74) is 32.0. The van der Waals surface area contributed by atoms with Gasteiger partial charge >= 0.3 is 0 Å². The van der Waals surface area contributed by atoms with Crippen molar-refractivity contribution >= 4 is 88.5 Å². The molecule has 0 fully saturated rings. The van der Waals surface area contributed by atoms with E-state index in [0.717, 1.165) is 58.0 Å². The van der Waals surface area contributed by atoms with Crippen LogP contribution in [0.4, 0.5) is 34.1 Å². The zero-order chi connectivity index (χ0) is 59.6. The highest BCUT2D eigenvalue weighted by Gasteiger charge is 2.36. The Hall–Kier alpha value is -9.90. The Labute approximate surface area is 511 Å². The predicted molar refractivity (Wildman–Crippen MR) is 372 cm³/mol. The van der Waals surface area contributed by atoms with Gasteiger partial charge in [0.2, 0.25) is 0 Å². The van der Waals surface area contributed by atoms with Crippen LogP contribution in [0.3, 0.4) is 0 Å². The van der Waals surface area contributed by atoms with Crippen LogP contribution in [0.2, 0.25) is 0 Å². The first kappa shape index (κ1) is 53.8. The number of nitrogens with zero attached hydrogens (tertiary/aromatic N) is 4. The molecule has 0 radical (unpaired) electrons. The second-order valence-electron chi connectivity index (χ2n) is 25.0. The summed E-state index contributed by atoms with van der Waals surface area (Å²) in [4.78, 5) is 5.05. The van der Waals surface area contributed by atoms with E-state index >= 15 is 0 Å². The van der Waals surface area contributed by atoms with Crippen molar-refractivity contribution in [2.45, 2.75) is 87.5 Å². The van der Waals surface area contributed by atoms with Crippen molar-refractivity contribution in [3.05, 3.63) is 286 Å². The van der Waals surface area contributed by atoms with E-state index in [1.54, 1.807) is 0 Å². The van der Waals surface area contributed by atoms with Gasteiger partial charge < -0.3 is 18.9 Å². The van der Waals surface area contributed by atoms with Crippen LogP contribution in [0, 0.1) is 41.5 Å². The zero-order valence-electron chi connectivity index (χ0n) is 51.6. The average Bonchev–Trinajstić information content (AvgIpc) is 1.77. The lowest BCUT2D eigenvalue weighted by molar-refractivity contribution is 0.660. The molecule has 0 aliphatic heterocycles. The van der Waals surface area contributed by atoms with Crippen LogP contribution >= 0.6 is 0 Å². The van der Waals surface area contributed by atoms with Crippen LogP contribution in [0.25, 0.3) is 88.0 Å². The monoisotopic (exact) mass is 1120 g/mol. The summed E-state index contributed by atoms with van der Waals surface area (Å²) in [6.45, 7) is 22.8. The van der Waals surface area contributed by atoms with Gasteiger partial charge in [0.15, 0.2) is 0 Å². The summed E-state index contributed by atoms with van der Waals surface area (Å²) in [5, 5.41) is 7.39. The quantitative estimate of drug-likeness (QED) is 0.128. The van der Waals surface area contributed by atoms with Gasteiger partial charge in [-0.1, -0.05) is 184 Å². The standard InChI is InChI=1S/C83H72N4/c1-11-57-23-19-20-28-65(57)66-35-31-61(47-58(66)12-2)84(81-53(5)43-51(3)44-54(81)6)63-33-37-71-77(49-63)86(59-24-15-13-16-25-59)75-41-39-70-69(79(71)75)40-42-76-80(70)72-38-34-64(50-78(72)87(76)60-26-17-14-18-27-60)85(82-55(7)45-52(4)46-56(82)8)62-32-36-68-67-29-21-22-30-73(67)83(9,10)74(68)48-62/h13-50H,11-12H2,1-10H3. The summed E-state index contributed by atoms with van der Waals surface area (Å²) in [6, 6.07) is 87.4. The van der Waals surface area contributed by atoms with Crippen molar-refractivity contribution < 1.29 is 0 Å². The van der Waals surface area contributed by atoms with Gasteiger partial charge in [-0.2, -0.15) is 0 Å². The molecule has 0 saturated heterocycles. The van der Waals surface area contributed by atoms with Crippen molar-refractivity contribution in [2.24, 2.45) is 0 Å². The molecule has 14 aromatic rings. The summed E-state index contributed by atoms with van der Waals surface area (Å²) in [7, 11) is 0. The fraction of sp³-hybridized carbons (Fsp3) is 0.157. The molecule has 1 aliphatic carbocycles. The molecule has 87 heavy (non-hydrogen) atoms. The number of benzene rings is 12. The molecule has 0 atom stereocenters. The van der Waals surface area contributed by atoms with Crippen molar-refractivity contribution in [3.63, 3.8) is 0 Å². The van der Waals surface area contributed by atoms with E-state index < -0.39 is 0 Å². The van der Waals surface area contributed by atoms with Gasteiger partial charge in [-0.25, -0.2) is 0 Å². The molecule has 15 rings (SSSR count). The van der Waals surface area contributed by atoms with Gasteiger partial charge in [0.25, 0.3) is 0 Å². The molecule has 4 nitrogen and oxygen atoms in total. The third kappa shape index (κ3) is 8.47. The van der Waals surface area contributed by atoms with Crippen LogP contribution in [0.15, 0.2) is 231 Å². The molecule has 0 amide bonds. The number of para-hydroxylation sites is 2. The third-order valence-corrected chi connectivity index (χ3v) is 19.1. The lowest BCUT2D eigenvalue weighted by Gasteiger charge is -2.31. The smallest absolute Gasteiger partial charge is 0.0562 e. The van der Waals surface area contributed by atoms with Gasteiger partial charge in [-0.15, -0.1) is 0 Å². The van der Waals surface area contributed by atoms with Crippen LogP contribution in [-0.4, -0.2) is 9.13 Å². The number of fused-ring (bicyclic) bond motifs is 12. The molecule has 0 unspecified atom stereocenters. The maximum atomic E-state index is 2.53. The maximum absolute atomic E-state index is 2.53. The van der Waals surface area contributed by atoms with E-state index in [9.17, 15) is 0 Å². The van der Waals surface area contributed by atoms with E-state index in [2.05, 4.69) is 319 Å². The normalized spacial score (nSPS) is 12.7. The molecule has 2 heterocycles. The van der Waals surface area contributed by atoms with Gasteiger partial charge in [0, 0.05) is 61.1 Å². The number of hydrogen-bond donors (Lipinski definition) is 0. The zero-order valence-corrected chi connectivity index (χ0v) is 51.6. The van der Waals surface area contributed by atoms with Crippen molar-refractivity contribution in [3.8, 4) is 33.6 Å². The Morgan fingerprint density at radius 2 is 0.713 bits per heavy atom. The first-order chi connectivity index (χ1) is 42.3. The minimum absolute atomic E-state index is 0.148. The second-order valence-corrected chi connectivity index (χ2v) is 25.0. The summed E-state index contributed by atoms with van der Waals surface area (Å²) < 4.78 is 4.99. The lowest BCUT2D eigenvalue weighted by atomic mass is 9.82. The van der Waals surface area contributed by atoms with Crippen LogP contribution in [0.1, 0.15) is 83.3 Å². The molecule has 2 aromatic heterocycles. The highest BCUT2D eigenvalue weighted by molar-refractivity contribution is 6.30. The van der Waals surface area contributed by atoms with Crippen molar-refractivity contribution in [1.82, 2.24) is 9.13 Å². The molecule has 0 saturated carbocycles. The largest absolute Gasteiger partial charge is 0.310 e. The average molecular weight is 1130 g/mol. The Bertz CT molecular complexity index is 5060. The number of anilines is 6. The van der Waals surface area contributed by atoms with Gasteiger partial charge in [0.1, 0.15) is 0 Å². The van der Waals surface area contributed by atoms with E-state index in [1.807, 2.05) is 0 Å². The summed E-state index contributed by atoms with van der Waals surface area (Å²) in [6.07, 6.45) is 1.91. The first-order valence-corrected chi connectivity index (χ1v) is 31.1. The predicted octanol–water partition coefficient (Wildman–Crippen LogP) is 22.9. The molecule has 0 spiro atoms. The molecule has 424 valence electrons. The minimum atomic E-state index is -0.148. The second kappa shape index (κ2) is 20.7. The van der Waals surface area contributed by atoms with E-state index in [0.29, 0.717) is 0 Å². The van der Waals surface area contributed by atoms with Gasteiger partial charge in [0.05, 0.1) is 33.4 Å². The molecule has 0 bridgehead atoms. The molecule has 4 heteroatoms. The summed E-state index contributed by atoms with van der Waals surface area (Å²) in [5.74, 6) is 0. The molecular weight excluding hydrogens is 1050 g/mol. The van der Waals surface area contributed by atoms with E-state index in [-0.39, 0.29) is 5.41 Å². The minimum Gasteiger partial charge on any atom is -0.310 e. The molecular formula is C83H72N4. The Balaban J connectivity index is 0.960. The fourth-order valence-electron chi connectivity index (χ4n) is 15.5. The first-order valence-electron chi connectivity index (χ1n) is 31.1. The summed E-state index contributed by atoms with van der Waals surface area (Å²) >= 11 is 0. The van der Waals surface area contributed by atoms with Crippen LogP contribution < -0.4 is 9.80 Å². The topological polar surface area (TPSA) is 16.3 Å². The number of hydrogen-bond acceptors (Lipinski definition) is 2. The number of aryl methyl sites for hydroxylation is 8. The fourth-order valence-corrected chi connectivity index (χ4v) is 15.5. The highest BCUT2D eigenvalue weighted by Crippen LogP contribution is 2.53. The Kier molecular flexibility index (Phi) is 12.8. The van der Waals surface area contributed by atoms with Crippen LogP contribution in [-0.2, 0) is 18.3 Å². The molecule has 12 aromatic carbocycles. The lowest BCUT2D eigenvalue weighted by Crippen LogP contribution is -2.17. The molecule has 1 aliphatic rings. The number of rotatable bonds is 11. The highest BCUT2D eigenvalue weighted by atomic mass is 15.2. The number of aromatic nitrogens is 2. The Morgan fingerprint density at radius 3 is 1.22 bits per heavy atom. The van der Waals surface area contributed by atoms with Crippen LogP contribution in [0.5, 0.6) is 0 Å². The van der Waals surface area contributed by atoms with E-state index in [4.69, 9.17) is 0 Å².